The molecule has 3 heterocycles. The van der Waals surface area contributed by atoms with Gasteiger partial charge in [0, 0.05) is 40.9 Å². The second kappa shape index (κ2) is 6.83. The number of hydrogen-bond acceptors (Lipinski definition) is 3. The number of halogens is 1. The van der Waals surface area contributed by atoms with Gasteiger partial charge < -0.3 is 4.42 Å². The lowest BCUT2D eigenvalue weighted by Gasteiger charge is -2.32. The van der Waals surface area contributed by atoms with Gasteiger partial charge in [-0.3, -0.25) is 10.00 Å². The van der Waals surface area contributed by atoms with Gasteiger partial charge in [-0.1, -0.05) is 23.7 Å². The van der Waals surface area contributed by atoms with E-state index in [0.717, 1.165) is 30.2 Å². The Bertz CT molecular complexity index is 779. The number of benzene rings is 1. The molecule has 1 aliphatic rings. The van der Waals surface area contributed by atoms with E-state index in [2.05, 4.69) is 27.2 Å². The normalized spacial score (nSPS) is 18.8. The zero-order valence-corrected chi connectivity index (χ0v) is 14.2. The Morgan fingerprint density at radius 3 is 2.92 bits per heavy atom. The van der Waals surface area contributed by atoms with E-state index in [9.17, 15) is 0 Å². The molecule has 3 aromatic rings. The van der Waals surface area contributed by atoms with Crippen molar-refractivity contribution in [1.82, 2.24) is 15.1 Å². The minimum absolute atomic E-state index is 0.471. The van der Waals surface area contributed by atoms with Crippen molar-refractivity contribution in [2.24, 2.45) is 0 Å². The van der Waals surface area contributed by atoms with Gasteiger partial charge in [-0.25, -0.2) is 0 Å². The highest BCUT2D eigenvalue weighted by Crippen LogP contribution is 2.33. The predicted octanol–water partition coefficient (Wildman–Crippen LogP) is 4.70. The maximum absolute atomic E-state index is 6.01. The number of aromatic amines is 1. The van der Waals surface area contributed by atoms with Crippen LogP contribution in [0.5, 0.6) is 0 Å². The molecule has 0 spiro atoms. The van der Waals surface area contributed by atoms with Crippen LogP contribution in [-0.2, 0) is 6.54 Å². The molecule has 1 fully saturated rings. The average Bonchev–Trinajstić information content (AvgIpc) is 3.27. The summed E-state index contributed by atoms with van der Waals surface area (Å²) in [4.78, 5) is 2.49. The Morgan fingerprint density at radius 1 is 1.25 bits per heavy atom. The lowest BCUT2D eigenvalue weighted by molar-refractivity contribution is 0.198. The van der Waals surface area contributed by atoms with E-state index >= 15 is 0 Å². The molecule has 0 unspecified atom stereocenters. The zero-order valence-electron chi connectivity index (χ0n) is 13.4. The molecule has 4 rings (SSSR count). The molecule has 24 heavy (non-hydrogen) atoms. The van der Waals surface area contributed by atoms with E-state index in [1.807, 2.05) is 30.7 Å². The van der Waals surface area contributed by atoms with Crippen LogP contribution < -0.4 is 0 Å². The Kier molecular flexibility index (Phi) is 4.41. The minimum Gasteiger partial charge on any atom is -0.472 e. The largest absolute Gasteiger partial charge is 0.472 e. The van der Waals surface area contributed by atoms with Crippen molar-refractivity contribution in [3.05, 3.63) is 65.3 Å². The third-order valence-electron chi connectivity index (χ3n) is 4.72. The summed E-state index contributed by atoms with van der Waals surface area (Å²) in [6.45, 7) is 3.11. The second-order valence-corrected chi connectivity index (χ2v) is 6.85. The van der Waals surface area contributed by atoms with Crippen LogP contribution in [0.15, 0.2) is 53.5 Å². The summed E-state index contributed by atoms with van der Waals surface area (Å²) >= 11 is 6.01. The molecule has 124 valence electrons. The minimum atomic E-state index is 0.471. The maximum Gasteiger partial charge on any atom is 0.0947 e. The Balaban J connectivity index is 1.53. The van der Waals surface area contributed by atoms with Crippen molar-refractivity contribution >= 4 is 11.6 Å². The molecule has 0 radical (unpaired) electrons. The fourth-order valence-electron chi connectivity index (χ4n) is 3.54. The van der Waals surface area contributed by atoms with Gasteiger partial charge >= 0.3 is 0 Å². The summed E-state index contributed by atoms with van der Waals surface area (Å²) in [6.07, 6.45) is 7.88. The summed E-state index contributed by atoms with van der Waals surface area (Å²) in [6, 6.07) is 10.0. The number of H-pyrrole nitrogens is 1. The molecular formula is C19H20ClN3O. The van der Waals surface area contributed by atoms with E-state index in [0.29, 0.717) is 5.92 Å². The van der Waals surface area contributed by atoms with Crippen LogP contribution in [0.4, 0.5) is 0 Å². The van der Waals surface area contributed by atoms with Crippen LogP contribution in [0.2, 0.25) is 5.02 Å². The fraction of sp³-hybridized carbons (Fsp3) is 0.316. The Morgan fingerprint density at radius 2 is 2.12 bits per heavy atom. The van der Waals surface area contributed by atoms with Gasteiger partial charge in [0.05, 0.1) is 18.7 Å². The monoisotopic (exact) mass is 341 g/mol. The highest BCUT2D eigenvalue weighted by molar-refractivity contribution is 6.30. The third kappa shape index (κ3) is 3.25. The topological polar surface area (TPSA) is 45.1 Å². The van der Waals surface area contributed by atoms with Crippen molar-refractivity contribution in [3.8, 4) is 11.1 Å². The van der Waals surface area contributed by atoms with Crippen molar-refractivity contribution < 1.29 is 4.42 Å². The predicted molar refractivity (Wildman–Crippen MR) is 95.0 cm³/mol. The molecule has 1 saturated heterocycles. The number of rotatable bonds is 4. The number of likely N-dealkylation sites (tertiary alicyclic amines) is 1. The van der Waals surface area contributed by atoms with Gasteiger partial charge in [0.2, 0.25) is 0 Å². The van der Waals surface area contributed by atoms with Gasteiger partial charge in [-0.15, -0.1) is 0 Å². The SMILES string of the molecule is Clc1ccc(-c2cn[nH]c2[C@H]2CCCN(Cc3ccoc3)C2)cc1. The van der Waals surface area contributed by atoms with Crippen LogP contribution in [0.1, 0.15) is 30.0 Å². The number of aromatic nitrogens is 2. The molecule has 0 aliphatic carbocycles. The second-order valence-electron chi connectivity index (χ2n) is 6.41. The maximum atomic E-state index is 6.01. The highest BCUT2D eigenvalue weighted by atomic mass is 35.5. The zero-order chi connectivity index (χ0) is 16.4. The molecule has 1 aromatic carbocycles. The average molecular weight is 342 g/mol. The van der Waals surface area contributed by atoms with Crippen molar-refractivity contribution in [2.75, 3.05) is 13.1 Å². The number of furan rings is 1. The first-order valence-corrected chi connectivity index (χ1v) is 8.70. The van der Waals surface area contributed by atoms with Crippen LogP contribution in [-0.4, -0.2) is 28.2 Å². The molecular weight excluding hydrogens is 322 g/mol. The summed E-state index contributed by atoms with van der Waals surface area (Å²) in [5.41, 5.74) is 4.81. The number of hydrogen-bond donors (Lipinski definition) is 1. The Hall–Kier alpha value is -2.04. The molecule has 4 nitrogen and oxygen atoms in total. The molecule has 1 aliphatic heterocycles. The molecule has 5 heteroatoms. The lowest BCUT2D eigenvalue weighted by atomic mass is 9.90. The molecule has 0 amide bonds. The molecule has 0 bridgehead atoms. The van der Waals surface area contributed by atoms with Gasteiger partial charge in [0.25, 0.3) is 0 Å². The van der Waals surface area contributed by atoms with Gasteiger partial charge in [-0.05, 0) is 43.1 Å². The summed E-state index contributed by atoms with van der Waals surface area (Å²) < 4.78 is 5.19. The highest BCUT2D eigenvalue weighted by Gasteiger charge is 2.25. The first-order valence-electron chi connectivity index (χ1n) is 8.32. The van der Waals surface area contributed by atoms with E-state index in [1.54, 1.807) is 6.26 Å². The van der Waals surface area contributed by atoms with Crippen molar-refractivity contribution in [1.29, 1.82) is 0 Å². The quantitative estimate of drug-likeness (QED) is 0.748. The summed E-state index contributed by atoms with van der Waals surface area (Å²) in [5.74, 6) is 0.471. The van der Waals surface area contributed by atoms with E-state index in [1.165, 1.54) is 29.7 Å². The van der Waals surface area contributed by atoms with E-state index in [-0.39, 0.29) is 0 Å². The van der Waals surface area contributed by atoms with Crippen LogP contribution in [0, 0.1) is 0 Å². The van der Waals surface area contributed by atoms with Crippen molar-refractivity contribution in [3.63, 3.8) is 0 Å². The molecule has 0 saturated carbocycles. The molecule has 1 atom stereocenters. The van der Waals surface area contributed by atoms with E-state index < -0.39 is 0 Å². The van der Waals surface area contributed by atoms with Crippen LogP contribution >= 0.6 is 11.6 Å². The number of nitrogens with zero attached hydrogens (tertiary/aromatic N) is 2. The van der Waals surface area contributed by atoms with Crippen molar-refractivity contribution in [2.45, 2.75) is 25.3 Å². The summed E-state index contributed by atoms with van der Waals surface area (Å²) in [5, 5.41) is 8.30. The Labute approximate surface area is 146 Å². The number of piperidine rings is 1. The first-order chi connectivity index (χ1) is 11.8. The first kappa shape index (κ1) is 15.5. The van der Waals surface area contributed by atoms with Gasteiger partial charge in [-0.2, -0.15) is 5.10 Å². The molecule has 1 N–H and O–H groups in total. The molecule has 2 aromatic heterocycles. The fourth-order valence-corrected chi connectivity index (χ4v) is 3.67. The lowest BCUT2D eigenvalue weighted by Crippen LogP contribution is -2.34. The summed E-state index contributed by atoms with van der Waals surface area (Å²) in [7, 11) is 0. The van der Waals surface area contributed by atoms with E-state index in [4.69, 9.17) is 16.0 Å². The van der Waals surface area contributed by atoms with Crippen LogP contribution in [0.25, 0.3) is 11.1 Å². The van der Waals surface area contributed by atoms with Gasteiger partial charge in [0.15, 0.2) is 0 Å². The smallest absolute Gasteiger partial charge is 0.0947 e. The van der Waals surface area contributed by atoms with Gasteiger partial charge in [0.1, 0.15) is 0 Å². The van der Waals surface area contributed by atoms with Crippen LogP contribution in [0.3, 0.4) is 0 Å². The standard InChI is InChI=1S/C19H20ClN3O/c20-17-5-3-15(4-6-17)18-10-21-22-19(18)16-2-1-8-23(12-16)11-14-7-9-24-13-14/h3-7,9-10,13,16H,1-2,8,11-12H2,(H,21,22)/t16-/m0/s1. The third-order valence-corrected chi connectivity index (χ3v) is 4.98. The number of nitrogens with one attached hydrogen (secondary N) is 1.